The Hall–Kier alpha value is -2.08. The number of aliphatic carboxylic acids is 1. The van der Waals surface area contributed by atoms with Crippen LogP contribution in [0.1, 0.15) is 16.8 Å². The lowest BCUT2D eigenvalue weighted by molar-refractivity contribution is -0.136. The summed E-state index contributed by atoms with van der Waals surface area (Å²) in [4.78, 5) is 22.1. The second-order valence-electron chi connectivity index (χ2n) is 3.81. The monoisotopic (exact) mass is 251 g/mol. The summed E-state index contributed by atoms with van der Waals surface area (Å²) >= 11 is 0. The molecule has 6 heteroatoms. The van der Waals surface area contributed by atoms with Gasteiger partial charge in [-0.25, -0.2) is 0 Å². The molecule has 1 aromatic rings. The lowest BCUT2D eigenvalue weighted by Crippen LogP contribution is -2.25. The summed E-state index contributed by atoms with van der Waals surface area (Å²) < 4.78 is 10.3. The maximum Gasteiger partial charge on any atom is 0.304 e. The molecule has 1 aliphatic heterocycles. The van der Waals surface area contributed by atoms with Crippen LogP contribution in [0.2, 0.25) is 0 Å². The van der Waals surface area contributed by atoms with Crippen molar-refractivity contribution in [3.8, 4) is 11.5 Å². The Balaban J connectivity index is 1.87. The average molecular weight is 251 g/mol. The Bertz CT molecular complexity index is 472. The van der Waals surface area contributed by atoms with E-state index in [1.807, 2.05) is 0 Å². The zero-order valence-electron chi connectivity index (χ0n) is 9.64. The number of Topliss-reactive ketones (excluding diaryl/α,β-unsaturated/α-hetero) is 1. The maximum atomic E-state index is 11.8. The molecular formula is C12H13NO5. The molecule has 2 N–H and O–H groups in total. The van der Waals surface area contributed by atoms with Crippen LogP contribution in [0.15, 0.2) is 18.2 Å². The van der Waals surface area contributed by atoms with Crippen molar-refractivity contribution < 1.29 is 24.2 Å². The van der Waals surface area contributed by atoms with Gasteiger partial charge < -0.3 is 19.9 Å². The Morgan fingerprint density at radius 2 is 2.06 bits per heavy atom. The highest BCUT2D eigenvalue weighted by atomic mass is 16.7. The molecule has 1 heterocycles. The van der Waals surface area contributed by atoms with Gasteiger partial charge in [-0.2, -0.15) is 0 Å². The predicted octanol–water partition coefficient (Wildman–Crippen LogP) is 0.662. The van der Waals surface area contributed by atoms with Crippen molar-refractivity contribution in [2.24, 2.45) is 0 Å². The van der Waals surface area contributed by atoms with Crippen LogP contribution in [-0.4, -0.2) is 36.7 Å². The fourth-order valence-corrected chi connectivity index (χ4v) is 1.57. The second-order valence-corrected chi connectivity index (χ2v) is 3.81. The van der Waals surface area contributed by atoms with Crippen molar-refractivity contribution in [3.05, 3.63) is 23.8 Å². The number of carbonyl (C=O) groups is 2. The highest BCUT2D eigenvalue weighted by Crippen LogP contribution is 2.32. The standard InChI is InChI=1S/C12H13NO5/c14-9(6-13-4-3-12(15)16)8-1-2-10-11(5-8)18-7-17-10/h1-2,5,13H,3-4,6-7H2,(H,15,16). The third kappa shape index (κ3) is 2.98. The molecule has 0 amide bonds. The number of carbonyl (C=O) groups excluding carboxylic acids is 1. The number of hydrogen-bond acceptors (Lipinski definition) is 5. The molecule has 0 aromatic heterocycles. The van der Waals surface area contributed by atoms with E-state index in [9.17, 15) is 9.59 Å². The van der Waals surface area contributed by atoms with Crippen molar-refractivity contribution >= 4 is 11.8 Å². The van der Waals surface area contributed by atoms with Crippen LogP contribution in [0, 0.1) is 0 Å². The fourth-order valence-electron chi connectivity index (χ4n) is 1.57. The van der Waals surface area contributed by atoms with E-state index in [2.05, 4.69) is 5.32 Å². The maximum absolute atomic E-state index is 11.8. The molecule has 6 nitrogen and oxygen atoms in total. The molecule has 18 heavy (non-hydrogen) atoms. The SMILES string of the molecule is O=C(O)CCNCC(=O)c1ccc2c(c1)OCO2. The van der Waals surface area contributed by atoms with Gasteiger partial charge >= 0.3 is 5.97 Å². The molecule has 0 saturated carbocycles. The van der Waals surface area contributed by atoms with Gasteiger partial charge in [-0.05, 0) is 18.2 Å². The van der Waals surface area contributed by atoms with Gasteiger partial charge in [0.2, 0.25) is 6.79 Å². The third-order valence-electron chi connectivity index (χ3n) is 2.50. The molecule has 1 aliphatic rings. The van der Waals surface area contributed by atoms with E-state index in [0.29, 0.717) is 17.1 Å². The predicted molar refractivity (Wildman–Crippen MR) is 62.0 cm³/mol. The largest absolute Gasteiger partial charge is 0.481 e. The Morgan fingerprint density at radius 3 is 2.83 bits per heavy atom. The van der Waals surface area contributed by atoms with Crippen molar-refractivity contribution in [1.29, 1.82) is 0 Å². The van der Waals surface area contributed by atoms with Crippen LogP contribution in [0.4, 0.5) is 0 Å². The van der Waals surface area contributed by atoms with Crippen LogP contribution in [0.3, 0.4) is 0 Å². The first kappa shape index (κ1) is 12.4. The van der Waals surface area contributed by atoms with E-state index in [4.69, 9.17) is 14.6 Å². The topological polar surface area (TPSA) is 84.9 Å². The number of benzene rings is 1. The second kappa shape index (κ2) is 5.50. The van der Waals surface area contributed by atoms with Crippen molar-refractivity contribution in [1.82, 2.24) is 5.32 Å². The molecule has 0 fully saturated rings. The highest BCUT2D eigenvalue weighted by molar-refractivity contribution is 5.98. The average Bonchev–Trinajstić information content (AvgIpc) is 2.81. The lowest BCUT2D eigenvalue weighted by atomic mass is 10.1. The summed E-state index contributed by atoms with van der Waals surface area (Å²) in [5, 5.41) is 11.2. The Labute approximate surface area is 104 Å². The molecule has 96 valence electrons. The number of rotatable bonds is 6. The summed E-state index contributed by atoms with van der Waals surface area (Å²) in [7, 11) is 0. The highest BCUT2D eigenvalue weighted by Gasteiger charge is 2.15. The van der Waals surface area contributed by atoms with E-state index >= 15 is 0 Å². The summed E-state index contributed by atoms with van der Waals surface area (Å²) in [6, 6.07) is 4.98. The summed E-state index contributed by atoms with van der Waals surface area (Å²) in [5.74, 6) is 0.188. The molecule has 1 aromatic carbocycles. The molecule has 0 spiro atoms. The number of nitrogens with one attached hydrogen (secondary N) is 1. The minimum absolute atomic E-state index is 0.00554. The van der Waals surface area contributed by atoms with Crippen LogP contribution >= 0.6 is 0 Å². The van der Waals surface area contributed by atoms with E-state index < -0.39 is 5.97 Å². The van der Waals surface area contributed by atoms with E-state index in [1.165, 1.54) is 0 Å². The summed E-state index contributed by atoms with van der Waals surface area (Å²) in [6.45, 7) is 0.544. The van der Waals surface area contributed by atoms with Crippen molar-refractivity contribution in [3.63, 3.8) is 0 Å². The van der Waals surface area contributed by atoms with Crippen LogP contribution < -0.4 is 14.8 Å². The third-order valence-corrected chi connectivity index (χ3v) is 2.50. The quantitative estimate of drug-likeness (QED) is 0.570. The molecular weight excluding hydrogens is 238 g/mol. The number of carboxylic acid groups (broad SMARTS) is 1. The minimum atomic E-state index is -0.891. The number of ether oxygens (including phenoxy) is 2. The fraction of sp³-hybridized carbons (Fsp3) is 0.333. The summed E-state index contributed by atoms with van der Waals surface area (Å²) in [5.41, 5.74) is 0.516. The zero-order valence-corrected chi connectivity index (χ0v) is 9.64. The molecule has 0 atom stereocenters. The first-order chi connectivity index (χ1) is 8.66. The van der Waals surface area contributed by atoms with Gasteiger partial charge in [0.1, 0.15) is 0 Å². The van der Waals surface area contributed by atoms with E-state index in [1.54, 1.807) is 18.2 Å². The van der Waals surface area contributed by atoms with Gasteiger partial charge in [0.15, 0.2) is 17.3 Å². The first-order valence-electron chi connectivity index (χ1n) is 5.52. The van der Waals surface area contributed by atoms with Crippen LogP contribution in [-0.2, 0) is 4.79 Å². The lowest BCUT2D eigenvalue weighted by Gasteiger charge is -2.03. The number of hydrogen-bond donors (Lipinski definition) is 2. The van der Waals surface area contributed by atoms with Gasteiger partial charge in [-0.3, -0.25) is 9.59 Å². The van der Waals surface area contributed by atoms with Crippen LogP contribution in [0.25, 0.3) is 0 Å². The normalized spacial score (nSPS) is 12.4. The molecule has 0 saturated heterocycles. The van der Waals surface area contributed by atoms with E-state index in [0.717, 1.165) is 0 Å². The van der Waals surface area contributed by atoms with Crippen molar-refractivity contribution in [2.75, 3.05) is 19.9 Å². The number of carboxylic acids is 1. The van der Waals surface area contributed by atoms with Crippen LogP contribution in [0.5, 0.6) is 11.5 Å². The first-order valence-corrected chi connectivity index (χ1v) is 5.52. The molecule has 2 rings (SSSR count). The Kier molecular flexibility index (Phi) is 3.78. The van der Waals surface area contributed by atoms with Gasteiger partial charge in [0.05, 0.1) is 13.0 Å². The van der Waals surface area contributed by atoms with Gasteiger partial charge in [-0.1, -0.05) is 0 Å². The molecule has 0 unspecified atom stereocenters. The summed E-state index contributed by atoms with van der Waals surface area (Å²) in [6.07, 6.45) is -0.00554. The molecule has 0 bridgehead atoms. The minimum Gasteiger partial charge on any atom is -0.481 e. The Morgan fingerprint density at radius 1 is 1.28 bits per heavy atom. The number of fused-ring (bicyclic) bond motifs is 1. The molecule has 0 aliphatic carbocycles. The van der Waals surface area contributed by atoms with Gasteiger partial charge in [0.25, 0.3) is 0 Å². The van der Waals surface area contributed by atoms with Crippen molar-refractivity contribution in [2.45, 2.75) is 6.42 Å². The van der Waals surface area contributed by atoms with Gasteiger partial charge in [-0.15, -0.1) is 0 Å². The van der Waals surface area contributed by atoms with Gasteiger partial charge in [0, 0.05) is 12.1 Å². The smallest absolute Gasteiger partial charge is 0.304 e. The van der Waals surface area contributed by atoms with E-state index in [-0.39, 0.29) is 32.1 Å². The molecule has 0 radical (unpaired) electrons. The zero-order chi connectivity index (χ0) is 13.0. The number of ketones is 1.